The van der Waals surface area contributed by atoms with Crippen LogP contribution in [0.5, 0.6) is 0 Å². The van der Waals surface area contributed by atoms with Crippen molar-refractivity contribution in [3.8, 4) is 90.9 Å². The highest BCUT2D eigenvalue weighted by Gasteiger charge is 2.23. The van der Waals surface area contributed by atoms with E-state index in [1.807, 2.05) is 109 Å². The molecule has 1 aliphatic rings. The van der Waals surface area contributed by atoms with Crippen molar-refractivity contribution < 1.29 is 4.42 Å². The molecule has 0 spiro atoms. The second-order valence-electron chi connectivity index (χ2n) is 20.8. The second-order valence-corrected chi connectivity index (χ2v) is 20.8. The smallest absolute Gasteiger partial charge is 0.227 e. The number of para-hydroxylation sites is 2. The Labute approximate surface area is 476 Å². The molecule has 0 fully saturated rings. The number of rotatable bonds is 10. The van der Waals surface area contributed by atoms with Gasteiger partial charge in [-0.2, -0.15) is 0 Å². The van der Waals surface area contributed by atoms with Crippen LogP contribution >= 0.6 is 0 Å². The van der Waals surface area contributed by atoms with E-state index in [4.69, 9.17) is 39.3 Å². The van der Waals surface area contributed by atoms with Gasteiger partial charge >= 0.3 is 0 Å². The summed E-state index contributed by atoms with van der Waals surface area (Å²) in [6.07, 6.45) is 9.33. The van der Waals surface area contributed by atoms with E-state index in [-0.39, 0.29) is 5.92 Å². The minimum Gasteiger partial charge on any atom is -0.436 e. The van der Waals surface area contributed by atoms with Crippen molar-refractivity contribution >= 4 is 54.7 Å². The average molecular weight is 1070 g/mol. The first-order valence-corrected chi connectivity index (χ1v) is 27.8. The van der Waals surface area contributed by atoms with Gasteiger partial charge in [0.15, 0.2) is 34.7 Å². The molecule has 1 aliphatic carbocycles. The SMILES string of the molecule is C1=CCC(c2nc(-c3ccccc3)nc(-c3cccc(-n4c5ccccc5c5cccc(-c6ccc7c(c6)c6cc8oc(-c9ccccc9)nc8cc6n7-c6cccc(-c7nc(-c8ccccc8)nc(-c8ccccc8)n7)c6)c54)c3)n2)C=C1. The van der Waals surface area contributed by atoms with Crippen LogP contribution in [0.15, 0.2) is 271 Å². The Bertz CT molecular complexity index is 5010. The number of oxazole rings is 1. The Morgan fingerprint density at radius 3 is 1.51 bits per heavy atom. The summed E-state index contributed by atoms with van der Waals surface area (Å²) in [5.74, 6) is 4.43. The number of benzene rings is 10. The van der Waals surface area contributed by atoms with Crippen LogP contribution in [-0.2, 0) is 0 Å². The monoisotopic (exact) mass is 1070 g/mol. The lowest BCUT2D eigenvalue weighted by molar-refractivity contribution is 0.620. The van der Waals surface area contributed by atoms with Crippen LogP contribution in [0.25, 0.3) is 146 Å². The maximum Gasteiger partial charge on any atom is 0.227 e. The summed E-state index contributed by atoms with van der Waals surface area (Å²) in [7, 11) is 0. The highest BCUT2D eigenvalue weighted by molar-refractivity contribution is 6.17. The molecule has 10 aromatic carbocycles. The normalized spacial score (nSPS) is 13.3. The lowest BCUT2D eigenvalue weighted by Crippen LogP contribution is -2.08. The molecule has 0 radical (unpaired) electrons. The molecule has 83 heavy (non-hydrogen) atoms. The highest BCUT2D eigenvalue weighted by atomic mass is 16.3. The third-order valence-corrected chi connectivity index (χ3v) is 15.7. The standard InChI is InChI=1S/C73H47N9O/c1-6-21-46(22-7-1)67-75-68(47-23-8-2-9-24-47)78-71(77-67)52-31-18-33-54(41-52)81-63-40-39-51(43-59(63)60-44-65-61(45-64(60)81)74-73(83-65)50-29-14-5-15-30-50)56-36-20-37-58-57-35-16-17-38-62(57)82(66(56)58)55-34-19-32-53(42-55)72-79-69(48-25-10-3-11-26-48)76-70(80-72)49-27-12-4-13-28-49/h1-27,29-45,49H,28H2. The highest BCUT2D eigenvalue weighted by Crippen LogP contribution is 2.43. The Hall–Kier alpha value is -11.2. The van der Waals surface area contributed by atoms with Gasteiger partial charge in [0.25, 0.3) is 0 Å². The third kappa shape index (κ3) is 8.47. The second kappa shape index (κ2) is 19.8. The Kier molecular flexibility index (Phi) is 11.4. The van der Waals surface area contributed by atoms with Crippen molar-refractivity contribution in [1.29, 1.82) is 0 Å². The van der Waals surface area contributed by atoms with Crippen LogP contribution < -0.4 is 0 Å². The molecule has 390 valence electrons. The van der Waals surface area contributed by atoms with E-state index < -0.39 is 0 Å². The molecule has 1 unspecified atom stereocenters. The first-order valence-electron chi connectivity index (χ1n) is 27.8. The fourth-order valence-corrected chi connectivity index (χ4v) is 11.8. The molecule has 5 heterocycles. The molecule has 16 rings (SSSR count). The summed E-state index contributed by atoms with van der Waals surface area (Å²) in [5, 5.41) is 4.39. The maximum absolute atomic E-state index is 6.61. The number of hydrogen-bond donors (Lipinski definition) is 0. The van der Waals surface area contributed by atoms with Crippen molar-refractivity contribution in [2.45, 2.75) is 12.3 Å². The molecule has 5 aromatic heterocycles. The van der Waals surface area contributed by atoms with Crippen LogP contribution in [0, 0.1) is 0 Å². The lowest BCUT2D eigenvalue weighted by Gasteiger charge is -2.15. The minimum absolute atomic E-state index is 0.0430. The fraction of sp³-hybridized carbons (Fsp3) is 0.0274. The molecule has 10 nitrogen and oxygen atoms in total. The van der Waals surface area contributed by atoms with E-state index in [1.54, 1.807) is 0 Å². The molecule has 10 heteroatoms. The Morgan fingerprint density at radius 2 is 0.867 bits per heavy atom. The zero-order valence-corrected chi connectivity index (χ0v) is 44.6. The first-order chi connectivity index (χ1) is 41.1. The molecule has 0 saturated heterocycles. The van der Waals surface area contributed by atoms with Gasteiger partial charge in [-0.1, -0.05) is 200 Å². The van der Waals surface area contributed by atoms with Crippen molar-refractivity contribution in [2.24, 2.45) is 0 Å². The number of fused-ring (bicyclic) bond motifs is 7. The maximum atomic E-state index is 6.61. The molecular weight excluding hydrogens is 1020 g/mol. The summed E-state index contributed by atoms with van der Waals surface area (Å²) in [6.45, 7) is 0. The van der Waals surface area contributed by atoms with E-state index in [0.29, 0.717) is 40.6 Å². The van der Waals surface area contributed by atoms with E-state index in [9.17, 15) is 0 Å². The van der Waals surface area contributed by atoms with Gasteiger partial charge in [0.2, 0.25) is 5.89 Å². The molecule has 0 aliphatic heterocycles. The topological polar surface area (TPSA) is 113 Å². The van der Waals surface area contributed by atoms with Crippen LogP contribution in [0.2, 0.25) is 0 Å². The molecule has 0 saturated carbocycles. The fourth-order valence-electron chi connectivity index (χ4n) is 11.8. The Balaban J connectivity index is 0.878. The van der Waals surface area contributed by atoms with Gasteiger partial charge in [-0.3, -0.25) is 0 Å². The molecule has 0 amide bonds. The third-order valence-electron chi connectivity index (χ3n) is 15.7. The minimum atomic E-state index is 0.0430. The summed E-state index contributed by atoms with van der Waals surface area (Å²) < 4.78 is 11.3. The zero-order valence-electron chi connectivity index (χ0n) is 44.6. The Morgan fingerprint density at radius 1 is 0.349 bits per heavy atom. The number of allylic oxidation sites excluding steroid dienone is 4. The molecule has 0 N–H and O–H groups in total. The van der Waals surface area contributed by atoms with Gasteiger partial charge in [0.05, 0.1) is 22.1 Å². The van der Waals surface area contributed by atoms with Crippen LogP contribution in [0.1, 0.15) is 18.2 Å². The summed E-state index contributed by atoms with van der Waals surface area (Å²) in [6, 6.07) is 83.9. The van der Waals surface area contributed by atoms with Gasteiger partial charge in [0.1, 0.15) is 11.3 Å². The number of aromatic nitrogens is 9. The van der Waals surface area contributed by atoms with Crippen LogP contribution in [0.4, 0.5) is 0 Å². The van der Waals surface area contributed by atoms with E-state index >= 15 is 0 Å². The first kappa shape index (κ1) is 47.7. The van der Waals surface area contributed by atoms with Crippen molar-refractivity contribution in [1.82, 2.24) is 44.0 Å². The molecule has 15 aromatic rings. The van der Waals surface area contributed by atoms with Gasteiger partial charge in [-0.15, -0.1) is 0 Å². The number of hydrogen-bond acceptors (Lipinski definition) is 8. The summed E-state index contributed by atoms with van der Waals surface area (Å²) in [4.78, 5) is 35.7. The summed E-state index contributed by atoms with van der Waals surface area (Å²) >= 11 is 0. The van der Waals surface area contributed by atoms with E-state index in [2.05, 4.69) is 167 Å². The zero-order chi connectivity index (χ0) is 54.8. The van der Waals surface area contributed by atoms with Crippen molar-refractivity contribution in [2.75, 3.05) is 0 Å². The van der Waals surface area contributed by atoms with Gasteiger partial charge in [-0.05, 0) is 78.7 Å². The van der Waals surface area contributed by atoms with Gasteiger partial charge in [0, 0.05) is 77.8 Å². The van der Waals surface area contributed by atoms with E-state index in [0.717, 1.165) is 117 Å². The predicted molar refractivity (Wildman–Crippen MR) is 333 cm³/mol. The number of nitrogens with zero attached hydrogens (tertiary/aromatic N) is 9. The van der Waals surface area contributed by atoms with Gasteiger partial charge in [-0.25, -0.2) is 34.9 Å². The quantitative estimate of drug-likeness (QED) is 0.133. The van der Waals surface area contributed by atoms with Crippen LogP contribution in [-0.4, -0.2) is 44.0 Å². The van der Waals surface area contributed by atoms with Crippen molar-refractivity contribution in [3.63, 3.8) is 0 Å². The predicted octanol–water partition coefficient (Wildman–Crippen LogP) is 17.7. The van der Waals surface area contributed by atoms with Crippen molar-refractivity contribution in [3.05, 3.63) is 273 Å². The molecule has 1 atom stereocenters. The largest absolute Gasteiger partial charge is 0.436 e. The van der Waals surface area contributed by atoms with Gasteiger partial charge < -0.3 is 13.6 Å². The molecule has 0 bridgehead atoms. The average Bonchev–Trinajstić information content (AvgIpc) is 4.40. The van der Waals surface area contributed by atoms with E-state index in [1.165, 1.54) is 0 Å². The summed E-state index contributed by atoms with van der Waals surface area (Å²) in [5.41, 5.74) is 15.2. The van der Waals surface area contributed by atoms with Crippen LogP contribution in [0.3, 0.4) is 0 Å². The lowest BCUT2D eigenvalue weighted by atomic mass is 9.99. The molecular formula is C73H47N9O.